The molecule has 0 radical (unpaired) electrons. The van der Waals surface area contributed by atoms with Gasteiger partial charge in [0.1, 0.15) is 11.9 Å². The van der Waals surface area contributed by atoms with E-state index in [1.807, 2.05) is 6.92 Å². The van der Waals surface area contributed by atoms with E-state index in [0.29, 0.717) is 12.8 Å². The molecule has 102 valence electrons. The number of carbonyl (C=O) groups is 2. The van der Waals surface area contributed by atoms with Crippen molar-refractivity contribution in [2.45, 2.75) is 25.8 Å². The topological polar surface area (TPSA) is 66.4 Å². The van der Waals surface area contributed by atoms with Gasteiger partial charge in [0.15, 0.2) is 0 Å². The molecular weight excluding hydrogens is 249 g/mol. The number of carboxylic acid groups (broad SMARTS) is 1. The van der Waals surface area contributed by atoms with Crippen molar-refractivity contribution in [1.29, 1.82) is 0 Å². The monoisotopic (exact) mass is 265 g/mol. The SMILES string of the molecule is CCC[C@H](NC(=O)/C=C/c1ccccc1F)C(=O)O. The van der Waals surface area contributed by atoms with Gasteiger partial charge in [0.05, 0.1) is 0 Å². The van der Waals surface area contributed by atoms with E-state index in [9.17, 15) is 14.0 Å². The van der Waals surface area contributed by atoms with Crippen LogP contribution in [0.25, 0.3) is 6.08 Å². The molecule has 5 heteroatoms. The highest BCUT2D eigenvalue weighted by molar-refractivity contribution is 5.94. The fourth-order valence-electron chi connectivity index (χ4n) is 1.54. The Hall–Kier alpha value is -2.17. The van der Waals surface area contributed by atoms with Crippen LogP contribution in [0.3, 0.4) is 0 Å². The van der Waals surface area contributed by atoms with Crippen molar-refractivity contribution >= 4 is 18.0 Å². The largest absolute Gasteiger partial charge is 0.480 e. The number of carboxylic acids is 1. The molecule has 0 aliphatic heterocycles. The number of halogens is 1. The van der Waals surface area contributed by atoms with Crippen molar-refractivity contribution in [3.05, 3.63) is 41.7 Å². The first-order valence-electron chi connectivity index (χ1n) is 6.00. The Balaban J connectivity index is 2.64. The van der Waals surface area contributed by atoms with E-state index in [4.69, 9.17) is 5.11 Å². The van der Waals surface area contributed by atoms with Crippen molar-refractivity contribution in [3.63, 3.8) is 0 Å². The van der Waals surface area contributed by atoms with Crippen LogP contribution in [0.2, 0.25) is 0 Å². The summed E-state index contributed by atoms with van der Waals surface area (Å²) in [4.78, 5) is 22.4. The summed E-state index contributed by atoms with van der Waals surface area (Å²) in [7, 11) is 0. The molecule has 0 fully saturated rings. The molecule has 1 atom stereocenters. The Morgan fingerprint density at radius 3 is 2.68 bits per heavy atom. The molecule has 0 saturated heterocycles. The van der Waals surface area contributed by atoms with Gasteiger partial charge in [-0.3, -0.25) is 4.79 Å². The Morgan fingerprint density at radius 2 is 2.11 bits per heavy atom. The van der Waals surface area contributed by atoms with Gasteiger partial charge in [0.25, 0.3) is 0 Å². The van der Waals surface area contributed by atoms with Crippen LogP contribution in [0.5, 0.6) is 0 Å². The lowest BCUT2D eigenvalue weighted by atomic mass is 10.1. The Labute approximate surface area is 110 Å². The summed E-state index contributed by atoms with van der Waals surface area (Å²) < 4.78 is 13.3. The average Bonchev–Trinajstić information content (AvgIpc) is 2.37. The highest BCUT2D eigenvalue weighted by atomic mass is 19.1. The third-order valence-electron chi connectivity index (χ3n) is 2.51. The third-order valence-corrected chi connectivity index (χ3v) is 2.51. The number of nitrogens with one attached hydrogen (secondary N) is 1. The predicted molar refractivity (Wildman–Crippen MR) is 69.9 cm³/mol. The van der Waals surface area contributed by atoms with Gasteiger partial charge in [-0.25, -0.2) is 9.18 Å². The number of benzene rings is 1. The first-order chi connectivity index (χ1) is 9.04. The molecule has 0 aliphatic carbocycles. The smallest absolute Gasteiger partial charge is 0.326 e. The molecule has 1 aromatic rings. The summed E-state index contributed by atoms with van der Waals surface area (Å²) in [5, 5.41) is 11.2. The number of rotatable bonds is 6. The number of amides is 1. The molecule has 1 rings (SSSR count). The van der Waals surface area contributed by atoms with E-state index in [0.717, 1.165) is 6.08 Å². The molecule has 0 saturated carbocycles. The zero-order chi connectivity index (χ0) is 14.3. The van der Waals surface area contributed by atoms with E-state index in [1.165, 1.54) is 18.2 Å². The van der Waals surface area contributed by atoms with Gasteiger partial charge in [0, 0.05) is 11.6 Å². The van der Waals surface area contributed by atoms with Crippen molar-refractivity contribution in [2.75, 3.05) is 0 Å². The maximum Gasteiger partial charge on any atom is 0.326 e. The van der Waals surface area contributed by atoms with Gasteiger partial charge < -0.3 is 10.4 Å². The predicted octanol–water partition coefficient (Wildman–Crippen LogP) is 2.21. The zero-order valence-corrected chi connectivity index (χ0v) is 10.6. The molecule has 0 heterocycles. The summed E-state index contributed by atoms with van der Waals surface area (Å²) in [6.45, 7) is 1.83. The van der Waals surface area contributed by atoms with E-state index in [2.05, 4.69) is 5.32 Å². The van der Waals surface area contributed by atoms with Gasteiger partial charge in [0.2, 0.25) is 5.91 Å². The standard InChI is InChI=1S/C14H16FNO3/c1-2-5-12(14(18)19)16-13(17)9-8-10-6-3-4-7-11(10)15/h3-4,6-9,12H,2,5H2,1H3,(H,16,17)(H,18,19)/b9-8+/t12-/m0/s1. The lowest BCUT2D eigenvalue weighted by Crippen LogP contribution is -2.39. The second-order valence-electron chi connectivity index (χ2n) is 4.04. The molecule has 0 unspecified atom stereocenters. The second kappa shape index (κ2) is 7.31. The van der Waals surface area contributed by atoms with Crippen LogP contribution in [0.15, 0.2) is 30.3 Å². The van der Waals surface area contributed by atoms with Gasteiger partial charge in [-0.05, 0) is 18.6 Å². The fraction of sp³-hybridized carbons (Fsp3) is 0.286. The summed E-state index contributed by atoms with van der Waals surface area (Å²) in [6.07, 6.45) is 3.45. The summed E-state index contributed by atoms with van der Waals surface area (Å²) >= 11 is 0. The van der Waals surface area contributed by atoms with Crippen LogP contribution >= 0.6 is 0 Å². The molecule has 0 bridgehead atoms. The minimum absolute atomic E-state index is 0.278. The van der Waals surface area contributed by atoms with E-state index in [-0.39, 0.29) is 5.56 Å². The minimum atomic E-state index is -1.07. The highest BCUT2D eigenvalue weighted by Gasteiger charge is 2.17. The van der Waals surface area contributed by atoms with Crippen LogP contribution in [0.1, 0.15) is 25.3 Å². The number of hydrogen-bond acceptors (Lipinski definition) is 2. The van der Waals surface area contributed by atoms with Gasteiger partial charge in [-0.2, -0.15) is 0 Å². The fourth-order valence-corrected chi connectivity index (χ4v) is 1.54. The Kier molecular flexibility index (Phi) is 5.73. The van der Waals surface area contributed by atoms with Crippen LogP contribution in [0.4, 0.5) is 4.39 Å². The number of aliphatic carboxylic acids is 1. The number of carbonyl (C=O) groups excluding carboxylic acids is 1. The van der Waals surface area contributed by atoms with Gasteiger partial charge in [-0.1, -0.05) is 31.5 Å². The van der Waals surface area contributed by atoms with Gasteiger partial charge in [-0.15, -0.1) is 0 Å². The first-order valence-corrected chi connectivity index (χ1v) is 6.00. The second-order valence-corrected chi connectivity index (χ2v) is 4.04. The Bertz CT molecular complexity index is 485. The summed E-state index contributed by atoms with van der Waals surface area (Å²) in [6, 6.07) is 5.10. The van der Waals surface area contributed by atoms with Crippen LogP contribution in [-0.4, -0.2) is 23.0 Å². The normalized spacial score (nSPS) is 12.3. The van der Waals surface area contributed by atoms with Crippen LogP contribution in [-0.2, 0) is 9.59 Å². The molecule has 4 nitrogen and oxygen atoms in total. The maximum absolute atomic E-state index is 13.3. The zero-order valence-electron chi connectivity index (χ0n) is 10.6. The van der Waals surface area contributed by atoms with Crippen LogP contribution in [0, 0.1) is 5.82 Å². The molecule has 0 aromatic heterocycles. The molecule has 1 amide bonds. The van der Waals surface area contributed by atoms with E-state index < -0.39 is 23.7 Å². The van der Waals surface area contributed by atoms with Crippen molar-refractivity contribution < 1.29 is 19.1 Å². The van der Waals surface area contributed by atoms with Crippen molar-refractivity contribution in [1.82, 2.24) is 5.32 Å². The first kappa shape index (κ1) is 14.9. The maximum atomic E-state index is 13.3. The van der Waals surface area contributed by atoms with E-state index >= 15 is 0 Å². The molecular formula is C14H16FNO3. The molecule has 2 N–H and O–H groups in total. The Morgan fingerprint density at radius 1 is 1.42 bits per heavy atom. The molecule has 19 heavy (non-hydrogen) atoms. The van der Waals surface area contributed by atoms with Crippen LogP contribution < -0.4 is 5.32 Å². The highest BCUT2D eigenvalue weighted by Crippen LogP contribution is 2.08. The van der Waals surface area contributed by atoms with Gasteiger partial charge >= 0.3 is 5.97 Å². The van der Waals surface area contributed by atoms with Crippen molar-refractivity contribution in [3.8, 4) is 0 Å². The third kappa shape index (κ3) is 4.91. The lowest BCUT2D eigenvalue weighted by molar-refractivity contribution is -0.141. The quantitative estimate of drug-likeness (QED) is 0.775. The summed E-state index contributed by atoms with van der Waals surface area (Å²) in [5.74, 6) is -2.06. The summed E-state index contributed by atoms with van der Waals surface area (Å²) in [5.41, 5.74) is 0.278. The molecule has 1 aromatic carbocycles. The van der Waals surface area contributed by atoms with E-state index in [1.54, 1.807) is 12.1 Å². The average molecular weight is 265 g/mol. The molecule has 0 spiro atoms. The minimum Gasteiger partial charge on any atom is -0.480 e. The molecule has 0 aliphatic rings. The lowest BCUT2D eigenvalue weighted by Gasteiger charge is -2.11. The number of hydrogen-bond donors (Lipinski definition) is 2. The van der Waals surface area contributed by atoms with Crippen molar-refractivity contribution in [2.24, 2.45) is 0 Å².